The van der Waals surface area contributed by atoms with Crippen LogP contribution in [0.15, 0.2) is 58.9 Å². The Bertz CT molecular complexity index is 1060. The molecule has 154 valence electrons. The first kappa shape index (κ1) is 21.5. The number of thiazole rings is 1. The summed E-state index contributed by atoms with van der Waals surface area (Å²) in [6, 6.07) is 11.9. The third-order valence-corrected chi connectivity index (χ3v) is 6.69. The van der Waals surface area contributed by atoms with Gasteiger partial charge in [-0.3, -0.25) is 4.72 Å². The van der Waals surface area contributed by atoms with E-state index >= 15 is 0 Å². The Hall–Kier alpha value is -2.16. The average Bonchev–Trinajstić information content (AvgIpc) is 3.16. The molecule has 0 radical (unpaired) electrons. The van der Waals surface area contributed by atoms with E-state index in [1.165, 1.54) is 6.20 Å². The Morgan fingerprint density at radius 1 is 1.21 bits per heavy atom. The van der Waals surface area contributed by atoms with E-state index in [1.807, 2.05) is 30.3 Å². The van der Waals surface area contributed by atoms with Gasteiger partial charge in [0.05, 0.1) is 16.8 Å². The van der Waals surface area contributed by atoms with E-state index in [0.29, 0.717) is 11.6 Å². The molecule has 5 nitrogen and oxygen atoms in total. The summed E-state index contributed by atoms with van der Waals surface area (Å²) in [4.78, 5) is 3.33. The van der Waals surface area contributed by atoms with Gasteiger partial charge >= 0.3 is 0 Å². The number of sulfonamides is 1. The molecule has 2 aromatic carbocycles. The molecule has 1 heterocycles. The SMILES string of the molecule is CC(C)C[C@@H](Nc1cc(F)c(S(=O)(=O)Nc2nccs2)cc1Cl)c1ccccc1. The maximum absolute atomic E-state index is 14.7. The number of hydrogen-bond donors (Lipinski definition) is 2. The number of aromatic nitrogens is 1. The molecular formula is C20H21ClFN3O2S2. The van der Waals surface area contributed by atoms with Gasteiger partial charge in [-0.1, -0.05) is 55.8 Å². The van der Waals surface area contributed by atoms with Crippen molar-refractivity contribution in [1.29, 1.82) is 0 Å². The van der Waals surface area contributed by atoms with Crippen molar-refractivity contribution in [2.45, 2.75) is 31.2 Å². The van der Waals surface area contributed by atoms with Gasteiger partial charge in [0.2, 0.25) is 0 Å². The first-order valence-electron chi connectivity index (χ1n) is 8.99. The molecule has 0 saturated heterocycles. The van der Waals surface area contributed by atoms with Crippen molar-refractivity contribution < 1.29 is 12.8 Å². The van der Waals surface area contributed by atoms with Crippen LogP contribution in [-0.4, -0.2) is 13.4 Å². The summed E-state index contributed by atoms with van der Waals surface area (Å²) in [5, 5.41) is 5.16. The lowest BCUT2D eigenvalue weighted by Crippen LogP contribution is -2.16. The van der Waals surface area contributed by atoms with Crippen LogP contribution < -0.4 is 10.0 Å². The molecule has 9 heteroatoms. The summed E-state index contributed by atoms with van der Waals surface area (Å²) >= 11 is 7.42. The fourth-order valence-electron chi connectivity index (χ4n) is 2.91. The molecule has 3 rings (SSSR count). The van der Waals surface area contributed by atoms with Crippen molar-refractivity contribution in [2.24, 2.45) is 5.92 Å². The van der Waals surface area contributed by atoms with Gasteiger partial charge < -0.3 is 5.32 Å². The highest BCUT2D eigenvalue weighted by atomic mass is 35.5. The highest BCUT2D eigenvalue weighted by Gasteiger charge is 2.23. The zero-order valence-corrected chi connectivity index (χ0v) is 18.3. The van der Waals surface area contributed by atoms with Crippen molar-refractivity contribution in [3.05, 3.63) is 70.4 Å². The summed E-state index contributed by atoms with van der Waals surface area (Å²) in [6.07, 6.45) is 2.25. The van der Waals surface area contributed by atoms with Gasteiger partial charge in [0.25, 0.3) is 10.0 Å². The third-order valence-electron chi connectivity index (χ3n) is 4.20. The van der Waals surface area contributed by atoms with Crippen LogP contribution in [0.2, 0.25) is 5.02 Å². The first-order chi connectivity index (χ1) is 13.8. The Morgan fingerprint density at radius 3 is 2.55 bits per heavy atom. The van der Waals surface area contributed by atoms with Crippen molar-refractivity contribution in [1.82, 2.24) is 4.98 Å². The maximum atomic E-state index is 14.7. The average molecular weight is 454 g/mol. The van der Waals surface area contributed by atoms with E-state index in [9.17, 15) is 12.8 Å². The molecule has 0 aliphatic rings. The van der Waals surface area contributed by atoms with E-state index in [0.717, 1.165) is 35.5 Å². The van der Waals surface area contributed by atoms with Crippen LogP contribution in [0.5, 0.6) is 0 Å². The van der Waals surface area contributed by atoms with Crippen LogP contribution in [-0.2, 0) is 10.0 Å². The van der Waals surface area contributed by atoms with E-state index in [2.05, 4.69) is 28.9 Å². The number of anilines is 2. The number of rotatable bonds is 8. The molecule has 2 N–H and O–H groups in total. The predicted molar refractivity (Wildman–Crippen MR) is 117 cm³/mol. The number of halogens is 2. The van der Waals surface area contributed by atoms with Gasteiger partial charge in [0.1, 0.15) is 10.7 Å². The van der Waals surface area contributed by atoms with Crippen molar-refractivity contribution in [2.75, 3.05) is 10.0 Å². The Balaban J connectivity index is 1.90. The van der Waals surface area contributed by atoms with Gasteiger partial charge in [-0.15, -0.1) is 11.3 Å². The number of benzene rings is 2. The summed E-state index contributed by atoms with van der Waals surface area (Å²) < 4.78 is 42.0. The highest BCUT2D eigenvalue weighted by Crippen LogP contribution is 2.33. The van der Waals surface area contributed by atoms with E-state index < -0.39 is 20.7 Å². The van der Waals surface area contributed by atoms with Crippen molar-refractivity contribution in [3.8, 4) is 0 Å². The second kappa shape index (κ2) is 9.11. The number of nitrogens with one attached hydrogen (secondary N) is 2. The normalized spacial score (nSPS) is 12.7. The molecule has 0 aliphatic heterocycles. The number of hydrogen-bond acceptors (Lipinski definition) is 5. The minimum atomic E-state index is -4.14. The molecule has 29 heavy (non-hydrogen) atoms. The summed E-state index contributed by atoms with van der Waals surface area (Å²) in [6.45, 7) is 4.19. The van der Waals surface area contributed by atoms with Crippen molar-refractivity contribution in [3.63, 3.8) is 0 Å². The molecule has 0 aliphatic carbocycles. The highest BCUT2D eigenvalue weighted by molar-refractivity contribution is 7.93. The lowest BCUT2D eigenvalue weighted by molar-refractivity contribution is 0.530. The van der Waals surface area contributed by atoms with E-state index in [4.69, 9.17) is 11.6 Å². The minimum absolute atomic E-state index is 0.0935. The molecular weight excluding hydrogens is 433 g/mol. The first-order valence-corrected chi connectivity index (χ1v) is 11.7. The van der Waals surface area contributed by atoms with Crippen molar-refractivity contribution >= 4 is 43.8 Å². The second-order valence-corrected chi connectivity index (χ2v) is 9.89. The van der Waals surface area contributed by atoms with Crippen LogP contribution in [0.25, 0.3) is 0 Å². The summed E-state index contributed by atoms with van der Waals surface area (Å²) in [5.41, 5.74) is 1.38. The third kappa shape index (κ3) is 5.46. The van der Waals surface area contributed by atoms with Crippen LogP contribution >= 0.6 is 22.9 Å². The van der Waals surface area contributed by atoms with E-state index in [1.54, 1.807) is 5.38 Å². The molecule has 1 atom stereocenters. The van der Waals surface area contributed by atoms with Gasteiger partial charge in [0, 0.05) is 11.6 Å². The second-order valence-electron chi connectivity index (χ2n) is 6.94. The molecule has 0 unspecified atom stereocenters. The molecule has 0 bridgehead atoms. The molecule has 0 amide bonds. The molecule has 0 saturated carbocycles. The van der Waals surface area contributed by atoms with Crippen LogP contribution in [0.4, 0.5) is 15.2 Å². The lowest BCUT2D eigenvalue weighted by atomic mass is 9.97. The fourth-order valence-corrected chi connectivity index (χ4v) is 5.07. The standard InChI is InChI=1S/C20H21ClFN3O2S2/c1-13(2)10-17(14-6-4-3-5-7-14)24-18-12-16(22)19(11-15(18)21)29(26,27)25-20-23-8-9-28-20/h3-9,11-13,17,24H,10H2,1-2H3,(H,23,25)/t17-/m1/s1. The fraction of sp³-hybridized carbons (Fsp3) is 0.250. The summed E-state index contributed by atoms with van der Waals surface area (Å²) in [5.74, 6) is -0.504. The minimum Gasteiger partial charge on any atom is -0.377 e. The van der Waals surface area contributed by atoms with Gasteiger partial charge in [-0.25, -0.2) is 17.8 Å². The summed E-state index contributed by atoms with van der Waals surface area (Å²) in [7, 11) is -4.14. The largest absolute Gasteiger partial charge is 0.377 e. The predicted octanol–water partition coefficient (Wildman–Crippen LogP) is 5.94. The Morgan fingerprint density at radius 2 is 1.93 bits per heavy atom. The monoisotopic (exact) mass is 453 g/mol. The topological polar surface area (TPSA) is 71.1 Å². The Kier molecular flexibility index (Phi) is 6.77. The van der Waals surface area contributed by atoms with E-state index in [-0.39, 0.29) is 16.2 Å². The molecule has 0 spiro atoms. The molecule has 3 aromatic rings. The Labute approximate surface area is 179 Å². The zero-order valence-electron chi connectivity index (χ0n) is 15.9. The van der Waals surface area contributed by atoms with Crippen LogP contribution in [0.3, 0.4) is 0 Å². The van der Waals surface area contributed by atoms with Gasteiger partial charge in [-0.2, -0.15) is 0 Å². The zero-order chi connectivity index (χ0) is 21.0. The lowest BCUT2D eigenvalue weighted by Gasteiger charge is -2.23. The molecule has 0 fully saturated rings. The number of nitrogens with zero attached hydrogens (tertiary/aromatic N) is 1. The van der Waals surface area contributed by atoms with Crippen LogP contribution in [0.1, 0.15) is 31.9 Å². The van der Waals surface area contributed by atoms with Gasteiger partial charge in [-0.05, 0) is 30.0 Å². The van der Waals surface area contributed by atoms with Gasteiger partial charge in [0.15, 0.2) is 5.13 Å². The maximum Gasteiger partial charge on any atom is 0.266 e. The molecule has 1 aromatic heterocycles. The van der Waals surface area contributed by atoms with Crippen LogP contribution in [0, 0.1) is 11.7 Å². The quantitative estimate of drug-likeness (QED) is 0.443. The smallest absolute Gasteiger partial charge is 0.266 e.